The number of ether oxygens (including phenoxy) is 2. The Labute approximate surface area is 393 Å². The van der Waals surface area contributed by atoms with Gasteiger partial charge in [0.25, 0.3) is 11.1 Å². The molecule has 0 spiro atoms. The van der Waals surface area contributed by atoms with E-state index in [0.717, 1.165) is 10.9 Å². The maximum atomic E-state index is 13.0. The van der Waals surface area contributed by atoms with Crippen molar-refractivity contribution in [2.45, 2.75) is 13.0 Å². The number of ketones is 1. The molecule has 5 heterocycles. The van der Waals surface area contributed by atoms with Crippen molar-refractivity contribution in [3.05, 3.63) is 174 Å². The minimum absolute atomic E-state index is 0.0530. The highest BCUT2D eigenvalue weighted by Crippen LogP contribution is 2.30. The molecule has 5 aromatic heterocycles. The highest BCUT2D eigenvalue weighted by molar-refractivity contribution is 7.09. The van der Waals surface area contributed by atoms with Crippen LogP contribution in [0, 0.1) is 0 Å². The summed E-state index contributed by atoms with van der Waals surface area (Å²) in [4.78, 5) is 72.9. The van der Waals surface area contributed by atoms with E-state index in [0.29, 0.717) is 51.5 Å². The highest BCUT2D eigenvalue weighted by Gasteiger charge is 2.17. The number of aromatic nitrogens is 5. The molecule has 0 unspecified atom stereocenters. The van der Waals surface area contributed by atoms with Crippen molar-refractivity contribution in [3.63, 3.8) is 0 Å². The number of phenolic OH excluding ortho intramolecular Hbond substituents is 6. The number of H-pyrrole nitrogens is 1. The number of amides is 1. The van der Waals surface area contributed by atoms with E-state index in [9.17, 15) is 54.6 Å². The number of carbonyl (C=O) groups is 2. The number of anilines is 1. The zero-order valence-corrected chi connectivity index (χ0v) is 37.2. The van der Waals surface area contributed by atoms with E-state index in [4.69, 9.17) is 9.47 Å². The van der Waals surface area contributed by atoms with Crippen LogP contribution in [-0.2, 0) is 11.3 Å². The van der Waals surface area contributed by atoms with E-state index in [1.54, 1.807) is 58.4 Å². The molecule has 4 aromatic carbocycles. The van der Waals surface area contributed by atoms with Crippen LogP contribution in [0.1, 0.15) is 21.7 Å². The lowest BCUT2D eigenvalue weighted by atomic mass is 10.1. The molecule has 8 N–H and O–H groups in total. The quantitative estimate of drug-likeness (QED) is 0.0420. The van der Waals surface area contributed by atoms with Gasteiger partial charge in [0, 0.05) is 64.2 Å². The standard InChI is InChI=1S/C19H14N2O3S.C16H16N2O6.C14H10N2O4/c22-13-4-1-3-12(9-13)18-20-17-10-14(23)6-7-16(17)19(24)21(18)11-15-5-2-8-25-15;1-23-10-6-14(18-16(7-10)24-2)17-15(22)8-12(20)9-3-4-11(19)13(21)5-9;17-9-3-4-16-13(6-9)15-10(7-14(16)20)8-1-2-11(18)12(19)5-8/h1-10,22-23H,11H2;3-7,19,21H,8H2,1-2H3,(H,17,18,22);1-7,15,18-19H. The van der Waals surface area contributed by atoms with Crippen LogP contribution in [0.15, 0.2) is 147 Å². The van der Waals surface area contributed by atoms with Gasteiger partial charge in [0.1, 0.15) is 34.5 Å². The molecule has 0 saturated heterocycles. The minimum Gasteiger partial charge on any atom is -0.508 e. The molecular formula is C49H40N6O13S. The fraction of sp³-hybridized carbons (Fsp3) is 0.0816. The SMILES string of the molecule is COc1cc(NC(=O)CC(=O)c2ccc(O)c(O)c2)nc(OC)c1.O=c1c2ccc(O)cc2nc(-c2cccc(O)c2)n1Cc1cccs1.O=c1ccn2c(=O)cc(-c3ccc(O)c(O)c3)[nH]c2c1. The zero-order chi connectivity index (χ0) is 49.4. The summed E-state index contributed by atoms with van der Waals surface area (Å²) in [6, 6.07) is 29.9. The van der Waals surface area contributed by atoms with Crippen LogP contribution in [0.3, 0.4) is 0 Å². The molecule has 0 aliphatic rings. The van der Waals surface area contributed by atoms with Crippen LogP contribution < -0.4 is 31.3 Å². The van der Waals surface area contributed by atoms with Gasteiger partial charge in [-0.2, -0.15) is 4.98 Å². The number of aromatic amines is 1. The van der Waals surface area contributed by atoms with E-state index >= 15 is 0 Å². The van der Waals surface area contributed by atoms with Gasteiger partial charge in [-0.25, -0.2) is 4.98 Å². The van der Waals surface area contributed by atoms with Gasteiger partial charge in [-0.1, -0.05) is 18.2 Å². The number of carbonyl (C=O) groups excluding carboxylic acids is 2. The molecular weight excluding hydrogens is 913 g/mol. The number of pyridine rings is 2. The van der Waals surface area contributed by atoms with Gasteiger partial charge in [-0.05, 0) is 72.1 Å². The molecule has 0 bridgehead atoms. The molecule has 9 rings (SSSR count). The number of Topliss-reactive ketones (excluding diaryl/α,β-unsaturated/α-hetero) is 1. The summed E-state index contributed by atoms with van der Waals surface area (Å²) >= 11 is 1.56. The predicted octanol–water partition coefficient (Wildman–Crippen LogP) is 6.37. The summed E-state index contributed by atoms with van der Waals surface area (Å²) < 4.78 is 13.0. The van der Waals surface area contributed by atoms with Gasteiger partial charge in [0.05, 0.1) is 43.8 Å². The highest BCUT2D eigenvalue weighted by atomic mass is 32.1. The number of fused-ring (bicyclic) bond motifs is 2. The van der Waals surface area contributed by atoms with Gasteiger partial charge in [-0.15, -0.1) is 11.3 Å². The Morgan fingerprint density at radius 2 is 1.46 bits per heavy atom. The van der Waals surface area contributed by atoms with Crippen molar-refractivity contribution in [1.29, 1.82) is 0 Å². The third-order valence-corrected chi connectivity index (χ3v) is 10.9. The van der Waals surface area contributed by atoms with Crippen molar-refractivity contribution in [1.82, 2.24) is 23.9 Å². The molecule has 0 saturated carbocycles. The van der Waals surface area contributed by atoms with Gasteiger partial charge in [-0.3, -0.25) is 32.9 Å². The Morgan fingerprint density at radius 1 is 0.710 bits per heavy atom. The number of phenols is 6. The first-order valence-electron chi connectivity index (χ1n) is 20.4. The Balaban J connectivity index is 0.000000154. The molecule has 69 heavy (non-hydrogen) atoms. The summed E-state index contributed by atoms with van der Waals surface area (Å²) in [6.45, 7) is 0.394. The molecule has 0 radical (unpaired) electrons. The second kappa shape index (κ2) is 20.8. The van der Waals surface area contributed by atoms with Gasteiger partial charge in [0.2, 0.25) is 11.8 Å². The first kappa shape index (κ1) is 47.5. The topological polar surface area (TPSA) is 288 Å². The normalized spacial score (nSPS) is 10.6. The van der Waals surface area contributed by atoms with Crippen LogP contribution in [0.2, 0.25) is 0 Å². The first-order valence-corrected chi connectivity index (χ1v) is 21.3. The van der Waals surface area contributed by atoms with Crippen molar-refractivity contribution in [2.75, 3.05) is 19.5 Å². The maximum absolute atomic E-state index is 13.0. The third-order valence-electron chi connectivity index (χ3n) is 10.0. The largest absolute Gasteiger partial charge is 0.508 e. The van der Waals surface area contributed by atoms with Gasteiger partial charge < -0.3 is 50.4 Å². The predicted molar refractivity (Wildman–Crippen MR) is 256 cm³/mol. The molecule has 0 fully saturated rings. The van der Waals surface area contributed by atoms with Crippen LogP contribution >= 0.6 is 11.3 Å². The van der Waals surface area contributed by atoms with Gasteiger partial charge in [0.15, 0.2) is 34.2 Å². The summed E-state index contributed by atoms with van der Waals surface area (Å²) in [7, 11) is 2.88. The van der Waals surface area contributed by atoms with E-state index in [1.165, 1.54) is 85.5 Å². The van der Waals surface area contributed by atoms with E-state index in [-0.39, 0.29) is 62.6 Å². The number of methoxy groups -OCH3 is 2. The van der Waals surface area contributed by atoms with Crippen LogP contribution in [0.25, 0.3) is 39.2 Å². The Morgan fingerprint density at radius 3 is 2.16 bits per heavy atom. The van der Waals surface area contributed by atoms with Crippen LogP contribution in [-0.4, -0.2) is 80.5 Å². The second-order valence-electron chi connectivity index (χ2n) is 14.8. The molecule has 20 heteroatoms. The Kier molecular flexibility index (Phi) is 14.3. The summed E-state index contributed by atoms with van der Waals surface area (Å²) in [6.07, 6.45) is 0.944. The molecule has 9 aromatic rings. The van der Waals surface area contributed by atoms with Crippen molar-refractivity contribution >= 4 is 45.4 Å². The Hall–Kier alpha value is -9.43. The van der Waals surface area contributed by atoms with Crippen LogP contribution in [0.5, 0.6) is 46.1 Å². The number of benzene rings is 4. The average Bonchev–Trinajstić information content (AvgIpc) is 3.85. The lowest BCUT2D eigenvalue weighted by Gasteiger charge is -2.13. The number of hydrogen-bond acceptors (Lipinski definition) is 16. The molecule has 0 aliphatic carbocycles. The smallest absolute Gasteiger partial charge is 0.261 e. The summed E-state index contributed by atoms with van der Waals surface area (Å²) in [5.41, 5.74) is 1.78. The molecule has 0 aliphatic heterocycles. The number of hydrogen-bond donors (Lipinski definition) is 8. The maximum Gasteiger partial charge on any atom is 0.261 e. The van der Waals surface area contributed by atoms with Gasteiger partial charge >= 0.3 is 0 Å². The van der Waals surface area contributed by atoms with E-state index in [2.05, 4.69) is 20.3 Å². The number of rotatable bonds is 10. The fourth-order valence-electron chi connectivity index (χ4n) is 6.66. The third kappa shape index (κ3) is 11.5. The monoisotopic (exact) mass is 952 g/mol. The van der Waals surface area contributed by atoms with Crippen molar-refractivity contribution in [2.24, 2.45) is 0 Å². The minimum atomic E-state index is -0.588. The lowest BCUT2D eigenvalue weighted by molar-refractivity contribution is -0.115. The Bertz CT molecular complexity index is 3530. The number of aromatic hydroxyl groups is 6. The number of nitrogens with one attached hydrogen (secondary N) is 2. The molecule has 19 nitrogen and oxygen atoms in total. The van der Waals surface area contributed by atoms with E-state index in [1.807, 2.05) is 17.5 Å². The van der Waals surface area contributed by atoms with Crippen molar-refractivity contribution in [3.8, 4) is 68.8 Å². The fourth-order valence-corrected chi connectivity index (χ4v) is 7.35. The average molecular weight is 953 g/mol. The molecule has 350 valence electrons. The first-order chi connectivity index (χ1) is 33.1. The second-order valence-corrected chi connectivity index (χ2v) is 15.8. The van der Waals surface area contributed by atoms with E-state index < -0.39 is 23.9 Å². The zero-order valence-electron chi connectivity index (χ0n) is 36.4. The number of thiophene rings is 1. The summed E-state index contributed by atoms with van der Waals surface area (Å²) in [5.74, 6) is -0.932. The number of nitrogens with zero attached hydrogens (tertiary/aromatic N) is 4. The summed E-state index contributed by atoms with van der Waals surface area (Å²) in [5, 5.41) is 61.8. The molecule has 1 amide bonds. The lowest BCUT2D eigenvalue weighted by Crippen LogP contribution is -2.23. The van der Waals surface area contributed by atoms with Crippen molar-refractivity contribution < 1.29 is 49.7 Å². The van der Waals surface area contributed by atoms with Crippen LogP contribution in [0.4, 0.5) is 5.82 Å². The molecule has 0 atom stereocenters.